The summed E-state index contributed by atoms with van der Waals surface area (Å²) in [4.78, 5) is 13.9. The average molecular weight is 404 g/mol. The standard InChI is InChI=1S/C17H22F2N2O5S/c1-25-15-11-12(3-5-14(15)26-17(18)19)4-6-16(22)21-9-7-13(8-10-21)20-27(2,23)24/h3-6,11,13,17,20H,7-10H2,1-2H3/b6-4+. The number of hydrogen-bond donors (Lipinski definition) is 1. The van der Waals surface area contributed by atoms with Crippen molar-refractivity contribution in [2.24, 2.45) is 0 Å². The molecule has 10 heteroatoms. The van der Waals surface area contributed by atoms with Crippen molar-refractivity contribution in [3.8, 4) is 11.5 Å². The molecule has 1 aliphatic heterocycles. The van der Waals surface area contributed by atoms with Crippen LogP contribution in [0.2, 0.25) is 0 Å². The van der Waals surface area contributed by atoms with Gasteiger partial charge in [0.1, 0.15) is 0 Å². The van der Waals surface area contributed by atoms with Crippen LogP contribution in [0.3, 0.4) is 0 Å². The Kier molecular flexibility index (Phi) is 7.14. The SMILES string of the molecule is COc1cc(/C=C/C(=O)N2CCC(NS(C)(=O)=O)CC2)ccc1OC(F)F. The summed E-state index contributed by atoms with van der Waals surface area (Å²) in [6, 6.07) is 4.20. The third kappa shape index (κ3) is 6.79. The van der Waals surface area contributed by atoms with E-state index in [1.807, 2.05) is 0 Å². The number of piperidine rings is 1. The number of halogens is 2. The topological polar surface area (TPSA) is 84.9 Å². The average Bonchev–Trinajstić information content (AvgIpc) is 2.59. The highest BCUT2D eigenvalue weighted by atomic mass is 32.2. The highest BCUT2D eigenvalue weighted by Gasteiger charge is 2.23. The van der Waals surface area contributed by atoms with Crippen molar-refractivity contribution in [3.63, 3.8) is 0 Å². The molecule has 1 aliphatic rings. The third-order valence-electron chi connectivity index (χ3n) is 4.01. The Morgan fingerprint density at radius 1 is 1.30 bits per heavy atom. The molecule has 0 bridgehead atoms. The summed E-state index contributed by atoms with van der Waals surface area (Å²) in [6.45, 7) is -2.07. The zero-order valence-corrected chi connectivity index (χ0v) is 15.8. The first-order chi connectivity index (χ1) is 12.7. The molecule has 150 valence electrons. The minimum absolute atomic E-state index is 0.0866. The number of nitrogens with one attached hydrogen (secondary N) is 1. The molecule has 0 aliphatic carbocycles. The maximum atomic E-state index is 12.3. The van der Waals surface area contributed by atoms with Crippen LogP contribution in [0.1, 0.15) is 18.4 Å². The lowest BCUT2D eigenvalue weighted by Gasteiger charge is -2.31. The van der Waals surface area contributed by atoms with Crippen LogP contribution >= 0.6 is 0 Å². The van der Waals surface area contributed by atoms with E-state index in [4.69, 9.17) is 4.74 Å². The van der Waals surface area contributed by atoms with Gasteiger partial charge >= 0.3 is 6.61 Å². The largest absolute Gasteiger partial charge is 0.493 e. The molecule has 1 aromatic rings. The van der Waals surface area contributed by atoms with Gasteiger partial charge in [-0.2, -0.15) is 8.78 Å². The van der Waals surface area contributed by atoms with E-state index in [0.29, 0.717) is 31.5 Å². The van der Waals surface area contributed by atoms with Gasteiger partial charge in [0.05, 0.1) is 13.4 Å². The summed E-state index contributed by atoms with van der Waals surface area (Å²) >= 11 is 0. The summed E-state index contributed by atoms with van der Waals surface area (Å²) in [5, 5.41) is 0. The van der Waals surface area contributed by atoms with E-state index < -0.39 is 16.6 Å². The van der Waals surface area contributed by atoms with E-state index in [1.165, 1.54) is 31.4 Å². The van der Waals surface area contributed by atoms with Crippen LogP contribution in [0.25, 0.3) is 6.08 Å². The van der Waals surface area contributed by atoms with Crippen molar-refractivity contribution in [1.29, 1.82) is 0 Å². The normalized spacial score (nSPS) is 16.1. The molecular weight excluding hydrogens is 382 g/mol. The van der Waals surface area contributed by atoms with Gasteiger partial charge in [0, 0.05) is 25.2 Å². The summed E-state index contributed by atoms with van der Waals surface area (Å²) < 4.78 is 59.1. The second-order valence-corrected chi connectivity index (χ2v) is 7.89. The summed E-state index contributed by atoms with van der Waals surface area (Å²) in [5.74, 6) is -0.159. The molecule has 0 atom stereocenters. The highest BCUT2D eigenvalue weighted by molar-refractivity contribution is 7.88. The number of sulfonamides is 1. The number of nitrogens with zero attached hydrogens (tertiary/aromatic N) is 1. The van der Waals surface area contributed by atoms with Gasteiger partial charge in [0.2, 0.25) is 15.9 Å². The van der Waals surface area contributed by atoms with Gasteiger partial charge in [-0.05, 0) is 36.6 Å². The van der Waals surface area contributed by atoms with E-state index in [2.05, 4.69) is 9.46 Å². The van der Waals surface area contributed by atoms with E-state index in [1.54, 1.807) is 11.0 Å². The van der Waals surface area contributed by atoms with Crippen LogP contribution in [-0.4, -0.2) is 58.3 Å². The maximum Gasteiger partial charge on any atom is 0.387 e. The van der Waals surface area contributed by atoms with E-state index in [-0.39, 0.29) is 23.4 Å². The number of benzene rings is 1. The molecule has 1 fully saturated rings. The molecular formula is C17H22F2N2O5S. The fraction of sp³-hybridized carbons (Fsp3) is 0.471. The minimum atomic E-state index is -3.26. The molecule has 2 rings (SSSR count). The predicted molar refractivity (Wildman–Crippen MR) is 96.2 cm³/mol. The molecule has 1 saturated heterocycles. The van der Waals surface area contributed by atoms with Crippen LogP contribution in [0.15, 0.2) is 24.3 Å². The first-order valence-electron chi connectivity index (χ1n) is 8.25. The van der Waals surface area contributed by atoms with Crippen LogP contribution in [0.5, 0.6) is 11.5 Å². The molecule has 0 unspecified atom stereocenters. The fourth-order valence-electron chi connectivity index (χ4n) is 2.77. The summed E-state index contributed by atoms with van der Waals surface area (Å²) in [7, 11) is -1.93. The first kappa shape index (κ1) is 21.1. The van der Waals surface area contributed by atoms with Crippen molar-refractivity contribution in [2.45, 2.75) is 25.5 Å². The number of carbonyl (C=O) groups is 1. The van der Waals surface area contributed by atoms with E-state index in [0.717, 1.165) is 6.26 Å². The molecule has 0 spiro atoms. The number of likely N-dealkylation sites (tertiary alicyclic amines) is 1. The number of alkyl halides is 2. The molecule has 1 aromatic carbocycles. The van der Waals surface area contributed by atoms with Gasteiger partial charge in [0.15, 0.2) is 11.5 Å². The summed E-state index contributed by atoms with van der Waals surface area (Å²) in [5.41, 5.74) is 0.593. The van der Waals surface area contributed by atoms with Gasteiger partial charge in [0.25, 0.3) is 0 Å². The number of carbonyl (C=O) groups excluding carboxylic acids is 1. The number of ether oxygens (including phenoxy) is 2. The smallest absolute Gasteiger partial charge is 0.387 e. The lowest BCUT2D eigenvalue weighted by atomic mass is 10.1. The van der Waals surface area contributed by atoms with E-state index in [9.17, 15) is 22.0 Å². The molecule has 0 aromatic heterocycles. The van der Waals surface area contributed by atoms with Crippen LogP contribution in [0, 0.1) is 0 Å². The molecule has 27 heavy (non-hydrogen) atoms. The monoisotopic (exact) mass is 404 g/mol. The fourth-order valence-corrected chi connectivity index (χ4v) is 3.62. The number of hydrogen-bond acceptors (Lipinski definition) is 5. The third-order valence-corrected chi connectivity index (χ3v) is 4.77. The Morgan fingerprint density at radius 3 is 2.52 bits per heavy atom. The van der Waals surface area contributed by atoms with Crippen molar-refractivity contribution in [3.05, 3.63) is 29.8 Å². The van der Waals surface area contributed by atoms with Gasteiger partial charge in [-0.15, -0.1) is 0 Å². The maximum absolute atomic E-state index is 12.3. The Labute approximate surface area is 157 Å². The van der Waals surface area contributed by atoms with Gasteiger partial charge in [-0.1, -0.05) is 6.07 Å². The molecule has 1 heterocycles. The van der Waals surface area contributed by atoms with Crippen LogP contribution in [-0.2, 0) is 14.8 Å². The molecule has 1 amide bonds. The highest BCUT2D eigenvalue weighted by Crippen LogP contribution is 2.29. The van der Waals surface area contributed by atoms with Gasteiger partial charge in [-0.25, -0.2) is 13.1 Å². The lowest BCUT2D eigenvalue weighted by molar-refractivity contribution is -0.126. The number of amides is 1. The minimum Gasteiger partial charge on any atom is -0.493 e. The molecule has 0 saturated carbocycles. The van der Waals surface area contributed by atoms with Crippen molar-refractivity contribution in [2.75, 3.05) is 26.5 Å². The Morgan fingerprint density at radius 2 is 1.96 bits per heavy atom. The zero-order chi connectivity index (χ0) is 20.0. The molecule has 7 nitrogen and oxygen atoms in total. The lowest BCUT2D eigenvalue weighted by Crippen LogP contribution is -2.45. The quantitative estimate of drug-likeness (QED) is 0.701. The van der Waals surface area contributed by atoms with Gasteiger partial charge in [-0.3, -0.25) is 4.79 Å². The van der Waals surface area contributed by atoms with Crippen molar-refractivity contribution in [1.82, 2.24) is 9.62 Å². The van der Waals surface area contributed by atoms with Crippen molar-refractivity contribution < 1.29 is 31.5 Å². The van der Waals surface area contributed by atoms with Crippen LogP contribution < -0.4 is 14.2 Å². The summed E-state index contributed by atoms with van der Waals surface area (Å²) in [6.07, 6.45) is 5.13. The second-order valence-electron chi connectivity index (χ2n) is 6.11. The van der Waals surface area contributed by atoms with E-state index >= 15 is 0 Å². The first-order valence-corrected chi connectivity index (χ1v) is 10.1. The Balaban J connectivity index is 1.95. The number of methoxy groups -OCH3 is 1. The van der Waals surface area contributed by atoms with Crippen molar-refractivity contribution >= 4 is 22.0 Å². The molecule has 1 N–H and O–H groups in total. The predicted octanol–water partition coefficient (Wildman–Crippen LogP) is 1.85. The Bertz CT molecular complexity index is 791. The van der Waals surface area contributed by atoms with Gasteiger partial charge < -0.3 is 14.4 Å². The second kappa shape index (κ2) is 9.14. The Hall–Kier alpha value is -2.20. The zero-order valence-electron chi connectivity index (χ0n) is 15.0. The molecule has 0 radical (unpaired) electrons. The van der Waals surface area contributed by atoms with Crippen LogP contribution in [0.4, 0.5) is 8.78 Å². The number of rotatable bonds is 7.